The quantitative estimate of drug-likeness (QED) is 0.590. The van der Waals surface area contributed by atoms with Crippen molar-refractivity contribution in [2.75, 3.05) is 0 Å². The van der Waals surface area contributed by atoms with Gasteiger partial charge in [0, 0.05) is 19.2 Å². The molecule has 1 aromatic rings. The minimum Gasteiger partial charge on any atom is -0.276 e. The fraction of sp³-hybridized carbons (Fsp3) is 0.444. The number of allylic oxidation sites excluding steroid dienone is 1. The number of aryl methyl sites for hydroxylation is 1. The minimum absolute atomic E-state index is 0.420. The first kappa shape index (κ1) is 8.05. The van der Waals surface area contributed by atoms with Crippen LogP contribution in [0.25, 0.3) is 0 Å². The number of nitrogens with zero attached hydrogens (tertiary/aromatic N) is 2. The van der Waals surface area contributed by atoms with E-state index in [2.05, 4.69) is 18.6 Å². The van der Waals surface area contributed by atoms with E-state index in [-0.39, 0.29) is 0 Å². The van der Waals surface area contributed by atoms with E-state index < -0.39 is 0 Å². The smallest absolute Gasteiger partial charge is 0.0527 e. The summed E-state index contributed by atoms with van der Waals surface area (Å²) in [6.45, 7) is 8.08. The summed E-state index contributed by atoms with van der Waals surface area (Å²) in [7, 11) is 1.93. The van der Waals surface area contributed by atoms with Crippen LogP contribution in [0.4, 0.5) is 0 Å². The summed E-state index contributed by atoms with van der Waals surface area (Å²) in [5, 5.41) is 4.10. The molecule has 0 N–H and O–H groups in total. The van der Waals surface area contributed by atoms with Gasteiger partial charge in [-0.25, -0.2) is 0 Å². The monoisotopic (exact) mass is 150 g/mol. The summed E-state index contributed by atoms with van der Waals surface area (Å²) < 4.78 is 1.81. The molecule has 2 heteroatoms. The lowest BCUT2D eigenvalue weighted by Gasteiger charge is -2.06. The van der Waals surface area contributed by atoms with Crippen molar-refractivity contribution in [3.05, 3.63) is 30.1 Å². The molecular formula is C9H14N2. The molecule has 1 rings (SSSR count). The Morgan fingerprint density at radius 1 is 1.73 bits per heavy atom. The zero-order chi connectivity index (χ0) is 8.43. The van der Waals surface area contributed by atoms with Gasteiger partial charge in [-0.05, 0) is 12.5 Å². The summed E-state index contributed by atoms with van der Waals surface area (Å²) in [4.78, 5) is 0. The Hall–Kier alpha value is -1.05. The van der Waals surface area contributed by atoms with E-state index in [1.54, 1.807) is 0 Å². The maximum atomic E-state index is 4.10. The molecule has 2 nitrogen and oxygen atoms in total. The zero-order valence-electron chi connectivity index (χ0n) is 7.33. The fourth-order valence-corrected chi connectivity index (χ4v) is 0.948. The van der Waals surface area contributed by atoms with Crippen molar-refractivity contribution in [3.63, 3.8) is 0 Å². The molecule has 11 heavy (non-hydrogen) atoms. The highest BCUT2D eigenvalue weighted by Crippen LogP contribution is 2.20. The van der Waals surface area contributed by atoms with Crippen molar-refractivity contribution in [2.45, 2.75) is 19.8 Å². The van der Waals surface area contributed by atoms with Crippen LogP contribution in [0.3, 0.4) is 0 Å². The van der Waals surface area contributed by atoms with Crippen molar-refractivity contribution in [2.24, 2.45) is 7.05 Å². The van der Waals surface area contributed by atoms with Crippen molar-refractivity contribution in [1.29, 1.82) is 0 Å². The normalized spacial score (nSPS) is 13.0. The van der Waals surface area contributed by atoms with Crippen LogP contribution in [-0.4, -0.2) is 9.78 Å². The zero-order valence-corrected chi connectivity index (χ0v) is 7.33. The van der Waals surface area contributed by atoms with Gasteiger partial charge in [-0.3, -0.25) is 4.68 Å². The lowest BCUT2D eigenvalue weighted by Crippen LogP contribution is -1.91. The Labute approximate surface area is 67.5 Å². The van der Waals surface area contributed by atoms with Gasteiger partial charge >= 0.3 is 0 Å². The topological polar surface area (TPSA) is 17.8 Å². The molecule has 0 fully saturated rings. The highest BCUT2D eigenvalue weighted by atomic mass is 15.2. The van der Waals surface area contributed by atoms with E-state index in [0.717, 1.165) is 0 Å². The summed E-state index contributed by atoms with van der Waals surface area (Å²) >= 11 is 0. The molecule has 0 amide bonds. The third-order valence-corrected chi connectivity index (χ3v) is 1.96. The van der Waals surface area contributed by atoms with Gasteiger partial charge in [0.25, 0.3) is 0 Å². The van der Waals surface area contributed by atoms with E-state index in [1.807, 2.05) is 31.0 Å². The summed E-state index contributed by atoms with van der Waals surface area (Å²) in [5.74, 6) is 0.420. The Kier molecular flexibility index (Phi) is 2.13. The maximum Gasteiger partial charge on any atom is 0.0527 e. The van der Waals surface area contributed by atoms with Gasteiger partial charge in [0.15, 0.2) is 0 Å². The molecule has 60 valence electrons. The predicted molar refractivity (Wildman–Crippen MR) is 46.4 cm³/mol. The van der Waals surface area contributed by atoms with Crippen LogP contribution in [-0.2, 0) is 7.05 Å². The van der Waals surface area contributed by atoms with Crippen molar-refractivity contribution in [1.82, 2.24) is 9.78 Å². The van der Waals surface area contributed by atoms with Crippen LogP contribution in [0, 0.1) is 0 Å². The molecule has 0 saturated carbocycles. The minimum atomic E-state index is 0.420. The second kappa shape index (κ2) is 2.91. The Bertz CT molecular complexity index is 260. The van der Waals surface area contributed by atoms with Crippen LogP contribution in [0.2, 0.25) is 0 Å². The van der Waals surface area contributed by atoms with Gasteiger partial charge in [0.1, 0.15) is 0 Å². The predicted octanol–water partition coefficient (Wildman–Crippen LogP) is 2.10. The first-order valence-electron chi connectivity index (χ1n) is 3.75. The number of rotatable bonds is 2. The van der Waals surface area contributed by atoms with Crippen molar-refractivity contribution >= 4 is 0 Å². The molecule has 0 aliphatic rings. The second-order valence-corrected chi connectivity index (χ2v) is 3.02. The molecule has 0 spiro atoms. The van der Waals surface area contributed by atoms with Crippen LogP contribution in [0.15, 0.2) is 24.5 Å². The summed E-state index contributed by atoms with van der Waals surface area (Å²) in [6.07, 6.45) is 3.92. The third kappa shape index (κ3) is 1.70. The number of aromatic nitrogens is 2. The third-order valence-electron chi connectivity index (χ3n) is 1.96. The molecule has 0 aromatic carbocycles. The highest BCUT2D eigenvalue weighted by molar-refractivity contribution is 5.20. The first-order valence-corrected chi connectivity index (χ1v) is 3.75. The van der Waals surface area contributed by atoms with E-state index in [4.69, 9.17) is 0 Å². The van der Waals surface area contributed by atoms with Gasteiger partial charge < -0.3 is 0 Å². The second-order valence-electron chi connectivity index (χ2n) is 3.02. The molecule has 0 aliphatic carbocycles. The average molecular weight is 150 g/mol. The highest BCUT2D eigenvalue weighted by Gasteiger charge is 2.06. The van der Waals surface area contributed by atoms with E-state index >= 15 is 0 Å². The van der Waals surface area contributed by atoms with Gasteiger partial charge in [-0.15, -0.1) is 0 Å². The molecule has 1 heterocycles. The van der Waals surface area contributed by atoms with Crippen LogP contribution in [0.1, 0.15) is 25.3 Å². The van der Waals surface area contributed by atoms with Gasteiger partial charge in [0.2, 0.25) is 0 Å². The van der Waals surface area contributed by atoms with E-state index in [9.17, 15) is 0 Å². The molecule has 0 aliphatic heterocycles. The maximum absolute atomic E-state index is 4.10. The molecule has 0 saturated heterocycles. The largest absolute Gasteiger partial charge is 0.276 e. The van der Waals surface area contributed by atoms with Crippen LogP contribution >= 0.6 is 0 Å². The molecule has 0 radical (unpaired) electrons. The van der Waals surface area contributed by atoms with Crippen LogP contribution in [0.5, 0.6) is 0 Å². The number of hydrogen-bond donors (Lipinski definition) is 0. The average Bonchev–Trinajstić information content (AvgIpc) is 2.34. The van der Waals surface area contributed by atoms with Gasteiger partial charge in [-0.2, -0.15) is 5.10 Å². The summed E-state index contributed by atoms with van der Waals surface area (Å²) in [5.41, 5.74) is 2.41. The molecular weight excluding hydrogens is 136 g/mol. The Balaban J connectivity index is 2.84. The molecule has 0 unspecified atom stereocenters. The van der Waals surface area contributed by atoms with Gasteiger partial charge in [0.05, 0.1) is 6.20 Å². The first-order chi connectivity index (χ1) is 5.11. The van der Waals surface area contributed by atoms with Crippen LogP contribution < -0.4 is 0 Å². The lowest BCUT2D eigenvalue weighted by molar-refractivity contribution is 0.765. The summed E-state index contributed by atoms with van der Waals surface area (Å²) in [6, 6.07) is 0. The lowest BCUT2D eigenvalue weighted by atomic mass is 9.98. The van der Waals surface area contributed by atoms with E-state index in [0.29, 0.717) is 5.92 Å². The molecule has 1 aromatic heterocycles. The van der Waals surface area contributed by atoms with Crippen molar-refractivity contribution in [3.8, 4) is 0 Å². The fourth-order valence-electron chi connectivity index (χ4n) is 0.948. The van der Waals surface area contributed by atoms with E-state index in [1.165, 1.54) is 11.1 Å². The van der Waals surface area contributed by atoms with Gasteiger partial charge in [-0.1, -0.05) is 19.1 Å². The standard InChI is InChI=1S/C9H14N2/c1-7(2)8(3)9-5-10-11(4)6-9/h5-6,8H,1H2,2-4H3/t8-/m0/s1. The Morgan fingerprint density at radius 2 is 2.36 bits per heavy atom. The van der Waals surface area contributed by atoms with Crippen molar-refractivity contribution < 1.29 is 0 Å². The molecule has 0 bridgehead atoms. The SMILES string of the molecule is C=C(C)[C@H](C)c1cnn(C)c1. The number of hydrogen-bond acceptors (Lipinski definition) is 1. The molecule has 1 atom stereocenters. The Morgan fingerprint density at radius 3 is 2.73 bits per heavy atom.